The fourth-order valence-electron chi connectivity index (χ4n) is 2.97. The van der Waals surface area contributed by atoms with Crippen molar-refractivity contribution < 1.29 is 30.1 Å². The second-order valence-corrected chi connectivity index (χ2v) is 5.41. The van der Waals surface area contributed by atoms with Gasteiger partial charge in [0.05, 0.1) is 18.0 Å². The van der Waals surface area contributed by atoms with E-state index < -0.39 is 11.7 Å². The maximum absolute atomic E-state index is 12.9. The lowest BCUT2D eigenvalue weighted by atomic mass is 10.1. The number of nitrogens with one attached hydrogen (secondary N) is 1. The summed E-state index contributed by atoms with van der Waals surface area (Å²) in [5.41, 5.74) is 1.70. The van der Waals surface area contributed by atoms with Gasteiger partial charge in [0.15, 0.2) is 0 Å². The zero-order valence-electron chi connectivity index (χ0n) is 12.1. The summed E-state index contributed by atoms with van der Waals surface area (Å²) in [6.45, 7) is 0. The molecule has 23 heavy (non-hydrogen) atoms. The molecule has 0 bridgehead atoms. The Balaban J connectivity index is 0.00000156. The fourth-order valence-corrected chi connectivity index (χ4v) is 2.97. The van der Waals surface area contributed by atoms with Gasteiger partial charge in [-0.2, -0.15) is 13.2 Å². The molecule has 0 saturated carbocycles. The van der Waals surface area contributed by atoms with E-state index in [1.165, 1.54) is 12.1 Å². The number of alkyl halides is 3. The third-order valence-corrected chi connectivity index (χ3v) is 4.08. The molecule has 0 amide bonds. The van der Waals surface area contributed by atoms with Crippen molar-refractivity contribution in [2.24, 2.45) is 7.05 Å². The lowest BCUT2D eigenvalue weighted by molar-refractivity contribution is -0.619. The first kappa shape index (κ1) is 15.6. The quantitative estimate of drug-likeness (QED) is 0.467. The molecule has 2 aromatic heterocycles. The Labute approximate surface area is 135 Å². The number of aromatic amines is 1. The molecule has 1 N–H and O–H groups in total. The van der Waals surface area contributed by atoms with Crippen LogP contribution in [0.2, 0.25) is 0 Å². The number of nitrogens with zero attached hydrogens (tertiary/aromatic N) is 1. The van der Waals surface area contributed by atoms with Crippen molar-refractivity contribution in [1.82, 2.24) is 4.98 Å². The van der Waals surface area contributed by atoms with Crippen molar-refractivity contribution in [3.8, 4) is 0 Å². The van der Waals surface area contributed by atoms with Gasteiger partial charge in [-0.3, -0.25) is 0 Å². The molecular formula is C17H12ClF3N2. The monoisotopic (exact) mass is 336 g/mol. The van der Waals surface area contributed by atoms with E-state index in [0.29, 0.717) is 5.52 Å². The summed E-state index contributed by atoms with van der Waals surface area (Å²) in [5.74, 6) is 0. The van der Waals surface area contributed by atoms with Crippen LogP contribution in [0.3, 0.4) is 0 Å². The Kier molecular flexibility index (Phi) is 3.48. The minimum Gasteiger partial charge on any atom is -1.00 e. The number of aryl methyl sites for hydroxylation is 1. The number of hydrogen-bond acceptors (Lipinski definition) is 0. The normalized spacial score (nSPS) is 12.0. The van der Waals surface area contributed by atoms with Crippen LogP contribution in [0, 0.1) is 0 Å². The predicted octanol–water partition coefficient (Wildman–Crippen LogP) is 1.32. The molecule has 6 heteroatoms. The number of para-hydroxylation sites is 1. The number of rotatable bonds is 0. The van der Waals surface area contributed by atoms with E-state index in [2.05, 4.69) is 4.98 Å². The number of aromatic nitrogens is 2. The zero-order valence-corrected chi connectivity index (χ0v) is 12.8. The topological polar surface area (TPSA) is 19.7 Å². The minimum absolute atomic E-state index is 0. The van der Waals surface area contributed by atoms with Crippen LogP contribution in [0.15, 0.2) is 48.5 Å². The summed E-state index contributed by atoms with van der Waals surface area (Å²) in [6, 6.07) is 13.6. The standard InChI is InChI=1S/C17H11F3N2.ClH/c1-22-15-9-11(17(18,19)20)7-6-10(15)8-13-12-4-2-3-5-14(12)21-16(13)22;/h2-9H,1H3;1H. The lowest BCUT2D eigenvalue weighted by Gasteiger charge is -2.08. The van der Waals surface area contributed by atoms with Crippen LogP contribution >= 0.6 is 0 Å². The van der Waals surface area contributed by atoms with E-state index in [9.17, 15) is 13.2 Å². The molecule has 0 saturated heterocycles. The summed E-state index contributed by atoms with van der Waals surface area (Å²) in [4.78, 5) is 3.28. The van der Waals surface area contributed by atoms with Gasteiger partial charge in [0.25, 0.3) is 5.65 Å². The molecule has 0 unspecified atom stereocenters. The van der Waals surface area contributed by atoms with Crippen LogP contribution in [0.25, 0.3) is 32.8 Å². The second-order valence-electron chi connectivity index (χ2n) is 5.41. The van der Waals surface area contributed by atoms with E-state index in [4.69, 9.17) is 0 Å². The first-order valence-electron chi connectivity index (χ1n) is 6.85. The highest BCUT2D eigenvalue weighted by Gasteiger charge is 2.31. The van der Waals surface area contributed by atoms with Crippen LogP contribution in [-0.2, 0) is 13.2 Å². The SMILES string of the molecule is C[n+]1c2cc(C(F)(F)F)ccc2cc2c3ccccc3[nH]c21.[Cl-]. The average Bonchev–Trinajstić information content (AvgIpc) is 2.85. The van der Waals surface area contributed by atoms with Crippen molar-refractivity contribution in [2.75, 3.05) is 0 Å². The second kappa shape index (κ2) is 5.13. The Morgan fingerprint density at radius 1 is 0.957 bits per heavy atom. The van der Waals surface area contributed by atoms with Crippen LogP contribution in [-0.4, -0.2) is 4.98 Å². The number of pyridine rings is 1. The van der Waals surface area contributed by atoms with Crippen molar-refractivity contribution >= 4 is 32.8 Å². The Morgan fingerprint density at radius 2 is 1.70 bits per heavy atom. The highest BCUT2D eigenvalue weighted by molar-refractivity contribution is 6.07. The van der Waals surface area contributed by atoms with Crippen molar-refractivity contribution in [3.05, 3.63) is 54.1 Å². The van der Waals surface area contributed by atoms with E-state index in [1.54, 1.807) is 11.6 Å². The molecule has 0 radical (unpaired) electrons. The number of benzene rings is 2. The predicted molar refractivity (Wildman–Crippen MR) is 79.5 cm³/mol. The lowest BCUT2D eigenvalue weighted by Crippen LogP contribution is -3.00. The molecule has 2 heterocycles. The molecule has 0 spiro atoms. The summed E-state index contributed by atoms with van der Waals surface area (Å²) in [6.07, 6.45) is -4.34. The molecule has 0 aliphatic heterocycles. The van der Waals surface area contributed by atoms with Gasteiger partial charge >= 0.3 is 6.18 Å². The van der Waals surface area contributed by atoms with E-state index >= 15 is 0 Å². The summed E-state index contributed by atoms with van der Waals surface area (Å²) < 4.78 is 40.5. The molecule has 4 aromatic rings. The van der Waals surface area contributed by atoms with Crippen molar-refractivity contribution in [3.63, 3.8) is 0 Å². The smallest absolute Gasteiger partial charge is 0.416 e. The Hall–Kier alpha value is -2.27. The molecule has 2 aromatic carbocycles. The van der Waals surface area contributed by atoms with E-state index in [-0.39, 0.29) is 12.4 Å². The Bertz CT molecular complexity index is 1030. The molecule has 0 aliphatic carbocycles. The van der Waals surface area contributed by atoms with Gasteiger partial charge in [-0.15, -0.1) is 0 Å². The zero-order chi connectivity index (χ0) is 15.5. The number of fused-ring (bicyclic) bond motifs is 4. The molecule has 2 nitrogen and oxygen atoms in total. The van der Waals surface area contributed by atoms with Gasteiger partial charge in [0.1, 0.15) is 11.0 Å². The van der Waals surface area contributed by atoms with Gasteiger partial charge in [-0.1, -0.05) is 18.2 Å². The molecular weight excluding hydrogens is 325 g/mol. The molecule has 0 fully saturated rings. The number of hydrogen-bond donors (Lipinski definition) is 1. The maximum atomic E-state index is 12.9. The van der Waals surface area contributed by atoms with Gasteiger partial charge in [-0.25, -0.2) is 9.55 Å². The molecule has 0 atom stereocenters. The maximum Gasteiger partial charge on any atom is 0.416 e. The molecule has 4 rings (SSSR count). The summed E-state index contributed by atoms with van der Waals surface area (Å²) in [7, 11) is 1.78. The van der Waals surface area contributed by atoms with Gasteiger partial charge in [0.2, 0.25) is 0 Å². The van der Waals surface area contributed by atoms with Gasteiger partial charge < -0.3 is 12.4 Å². The van der Waals surface area contributed by atoms with Crippen molar-refractivity contribution in [2.45, 2.75) is 6.18 Å². The highest BCUT2D eigenvalue weighted by atomic mass is 35.5. The van der Waals surface area contributed by atoms with Gasteiger partial charge in [0, 0.05) is 10.8 Å². The summed E-state index contributed by atoms with van der Waals surface area (Å²) in [5, 5.41) is 2.85. The third-order valence-electron chi connectivity index (χ3n) is 4.08. The van der Waals surface area contributed by atoms with Crippen LogP contribution in [0.4, 0.5) is 13.2 Å². The highest BCUT2D eigenvalue weighted by Crippen LogP contribution is 2.32. The van der Waals surface area contributed by atoms with E-state index in [0.717, 1.165) is 33.4 Å². The fraction of sp³-hybridized carbons (Fsp3) is 0.118. The van der Waals surface area contributed by atoms with E-state index in [1.807, 2.05) is 30.3 Å². The minimum atomic E-state index is -4.34. The van der Waals surface area contributed by atoms with Crippen molar-refractivity contribution in [1.29, 1.82) is 0 Å². The molecule has 0 aliphatic rings. The molecule has 118 valence electrons. The van der Waals surface area contributed by atoms with Crippen LogP contribution in [0.5, 0.6) is 0 Å². The third kappa shape index (κ3) is 2.32. The first-order chi connectivity index (χ1) is 10.4. The van der Waals surface area contributed by atoms with Crippen LogP contribution < -0.4 is 17.0 Å². The summed E-state index contributed by atoms with van der Waals surface area (Å²) >= 11 is 0. The largest absolute Gasteiger partial charge is 1.00 e. The number of halogens is 4. The number of H-pyrrole nitrogens is 1. The average molecular weight is 337 g/mol. The van der Waals surface area contributed by atoms with Gasteiger partial charge in [-0.05, 0) is 30.3 Å². The first-order valence-corrected chi connectivity index (χ1v) is 6.85. The van der Waals surface area contributed by atoms with Crippen LogP contribution in [0.1, 0.15) is 5.56 Å². The Morgan fingerprint density at radius 3 is 2.43 bits per heavy atom.